The molecule has 2 saturated carbocycles. The highest BCUT2D eigenvalue weighted by atomic mass is 16.6. The third-order valence-corrected chi connectivity index (χ3v) is 2.97. The molecular weight excluding hydrogens is 130 g/mol. The smallest absolute Gasteiger partial charge is 0.216 e. The van der Waals surface area contributed by atoms with Crippen LogP contribution in [-0.4, -0.2) is 11.0 Å². The summed E-state index contributed by atoms with van der Waals surface area (Å²) in [6.07, 6.45) is 4.34. The summed E-state index contributed by atoms with van der Waals surface area (Å²) in [7, 11) is 0. The molecule has 3 heteroatoms. The molecule has 0 heterocycles. The lowest BCUT2D eigenvalue weighted by atomic mass is 9.96. The van der Waals surface area contributed by atoms with E-state index in [1.165, 1.54) is 6.42 Å². The average molecular weight is 141 g/mol. The lowest BCUT2D eigenvalue weighted by molar-refractivity contribution is -0.530. The van der Waals surface area contributed by atoms with Gasteiger partial charge >= 0.3 is 0 Å². The van der Waals surface area contributed by atoms with Crippen LogP contribution in [0.5, 0.6) is 0 Å². The van der Waals surface area contributed by atoms with Crippen molar-refractivity contribution in [1.29, 1.82) is 0 Å². The molecule has 0 aliphatic heterocycles. The molecule has 0 radical (unpaired) electrons. The van der Waals surface area contributed by atoms with Crippen molar-refractivity contribution in [2.75, 3.05) is 0 Å². The second-order valence-electron chi connectivity index (χ2n) is 3.53. The first kappa shape index (κ1) is 6.13. The molecule has 56 valence electrons. The minimum atomic E-state index is -0.182. The normalized spacial score (nSPS) is 44.2. The Bertz CT molecular complexity index is 169. The maximum atomic E-state index is 10.4. The summed E-state index contributed by atoms with van der Waals surface area (Å²) in [6, 6.07) is -0.182. The molecule has 2 fully saturated rings. The van der Waals surface area contributed by atoms with E-state index in [0.717, 1.165) is 19.3 Å². The predicted octanol–water partition coefficient (Wildman–Crippen LogP) is 1.45. The minimum absolute atomic E-state index is 0.0795. The first-order valence-corrected chi connectivity index (χ1v) is 3.91. The first-order valence-electron chi connectivity index (χ1n) is 3.91. The third-order valence-electron chi connectivity index (χ3n) is 2.97. The molecular formula is C7H11NO2. The third kappa shape index (κ3) is 0.728. The topological polar surface area (TPSA) is 43.1 Å². The molecule has 2 rings (SSSR count). The lowest BCUT2D eigenvalue weighted by Crippen LogP contribution is -2.25. The molecule has 0 N–H and O–H groups in total. The van der Waals surface area contributed by atoms with Crippen LogP contribution in [0.4, 0.5) is 0 Å². The molecule has 3 unspecified atom stereocenters. The largest absolute Gasteiger partial charge is 0.264 e. The SMILES string of the molecule is O=[N+]([O-])C1CC2CCC1C2. The van der Waals surface area contributed by atoms with E-state index in [2.05, 4.69) is 0 Å². The zero-order chi connectivity index (χ0) is 7.14. The number of fused-ring (bicyclic) bond motifs is 2. The molecule has 0 saturated heterocycles. The number of hydrogen-bond donors (Lipinski definition) is 0. The fourth-order valence-electron chi connectivity index (χ4n) is 2.47. The van der Waals surface area contributed by atoms with Crippen molar-refractivity contribution in [2.24, 2.45) is 11.8 Å². The van der Waals surface area contributed by atoms with Crippen molar-refractivity contribution in [3.8, 4) is 0 Å². The molecule has 2 aliphatic rings. The second kappa shape index (κ2) is 1.94. The molecule has 0 aromatic carbocycles. The summed E-state index contributed by atoms with van der Waals surface area (Å²) < 4.78 is 0. The van der Waals surface area contributed by atoms with Crippen LogP contribution >= 0.6 is 0 Å². The second-order valence-corrected chi connectivity index (χ2v) is 3.53. The predicted molar refractivity (Wildman–Crippen MR) is 36.2 cm³/mol. The zero-order valence-electron chi connectivity index (χ0n) is 5.82. The first-order chi connectivity index (χ1) is 4.77. The van der Waals surface area contributed by atoms with Gasteiger partial charge in [0.15, 0.2) is 0 Å². The van der Waals surface area contributed by atoms with E-state index in [0.29, 0.717) is 11.8 Å². The van der Waals surface area contributed by atoms with Gasteiger partial charge in [-0.2, -0.15) is 0 Å². The fourth-order valence-corrected chi connectivity index (χ4v) is 2.47. The summed E-state index contributed by atoms with van der Waals surface area (Å²) in [5, 5.41) is 10.4. The molecule has 2 aliphatic carbocycles. The summed E-state index contributed by atoms with van der Waals surface area (Å²) in [5.74, 6) is 1.13. The van der Waals surface area contributed by atoms with Crippen molar-refractivity contribution >= 4 is 0 Å². The standard InChI is InChI=1S/C7H11NO2/c9-8(10)7-4-5-1-2-6(7)3-5/h5-7H,1-4H2. The highest BCUT2D eigenvalue weighted by molar-refractivity contribution is 4.90. The molecule has 0 aromatic heterocycles. The van der Waals surface area contributed by atoms with Gasteiger partial charge in [-0.15, -0.1) is 0 Å². The number of rotatable bonds is 1. The Morgan fingerprint density at radius 1 is 1.30 bits per heavy atom. The minimum Gasteiger partial charge on any atom is -0.264 e. The van der Waals surface area contributed by atoms with Crippen LogP contribution in [-0.2, 0) is 0 Å². The summed E-state index contributed by atoms with van der Waals surface area (Å²) in [5.41, 5.74) is 0. The average Bonchev–Trinajstić information content (AvgIpc) is 2.44. The van der Waals surface area contributed by atoms with E-state index in [9.17, 15) is 10.1 Å². The highest BCUT2D eigenvalue weighted by Crippen LogP contribution is 2.45. The van der Waals surface area contributed by atoms with Gasteiger partial charge in [0.05, 0.1) is 0 Å². The van der Waals surface area contributed by atoms with Crippen LogP contribution in [0.15, 0.2) is 0 Å². The molecule has 10 heavy (non-hydrogen) atoms. The Morgan fingerprint density at radius 2 is 2.10 bits per heavy atom. The molecule has 2 bridgehead atoms. The van der Waals surface area contributed by atoms with Gasteiger partial charge < -0.3 is 0 Å². The van der Waals surface area contributed by atoms with Gasteiger partial charge in [-0.3, -0.25) is 10.1 Å². The van der Waals surface area contributed by atoms with Crippen molar-refractivity contribution < 1.29 is 4.92 Å². The Kier molecular flexibility index (Phi) is 1.19. The molecule has 0 amide bonds. The maximum Gasteiger partial charge on any atom is 0.216 e. The van der Waals surface area contributed by atoms with Gasteiger partial charge in [0.1, 0.15) is 0 Å². The van der Waals surface area contributed by atoms with Crippen molar-refractivity contribution in [3.05, 3.63) is 10.1 Å². The summed E-state index contributed by atoms with van der Waals surface area (Å²) in [6.45, 7) is 0. The van der Waals surface area contributed by atoms with Gasteiger partial charge in [-0.25, -0.2) is 0 Å². The fraction of sp³-hybridized carbons (Fsp3) is 1.00. The van der Waals surface area contributed by atoms with Gasteiger partial charge in [-0.1, -0.05) is 0 Å². The highest BCUT2D eigenvalue weighted by Gasteiger charge is 2.46. The zero-order valence-corrected chi connectivity index (χ0v) is 5.82. The van der Waals surface area contributed by atoms with E-state index in [-0.39, 0.29) is 11.0 Å². The van der Waals surface area contributed by atoms with E-state index >= 15 is 0 Å². The quantitative estimate of drug-likeness (QED) is 0.409. The van der Waals surface area contributed by atoms with Crippen LogP contribution in [0.1, 0.15) is 25.7 Å². The van der Waals surface area contributed by atoms with Gasteiger partial charge in [-0.05, 0) is 25.2 Å². The Morgan fingerprint density at radius 3 is 2.40 bits per heavy atom. The molecule has 0 spiro atoms. The molecule has 0 aromatic rings. The number of nitrogens with zero attached hydrogens (tertiary/aromatic N) is 1. The maximum absolute atomic E-state index is 10.4. The van der Waals surface area contributed by atoms with E-state index in [4.69, 9.17) is 0 Å². The summed E-state index contributed by atoms with van der Waals surface area (Å²) in [4.78, 5) is 10.3. The number of nitro groups is 1. The van der Waals surface area contributed by atoms with Crippen LogP contribution < -0.4 is 0 Å². The van der Waals surface area contributed by atoms with Gasteiger partial charge in [0.2, 0.25) is 6.04 Å². The number of hydrogen-bond acceptors (Lipinski definition) is 2. The Labute approximate surface area is 59.6 Å². The Hall–Kier alpha value is -0.600. The van der Waals surface area contributed by atoms with Crippen molar-refractivity contribution in [2.45, 2.75) is 31.7 Å². The van der Waals surface area contributed by atoms with Crippen molar-refractivity contribution in [3.63, 3.8) is 0 Å². The monoisotopic (exact) mass is 141 g/mol. The molecule has 3 nitrogen and oxygen atoms in total. The van der Waals surface area contributed by atoms with E-state index in [1.54, 1.807) is 0 Å². The van der Waals surface area contributed by atoms with Crippen LogP contribution in [0, 0.1) is 22.0 Å². The van der Waals surface area contributed by atoms with Gasteiger partial charge in [0, 0.05) is 17.3 Å². The summed E-state index contributed by atoms with van der Waals surface area (Å²) >= 11 is 0. The van der Waals surface area contributed by atoms with Crippen LogP contribution in [0.2, 0.25) is 0 Å². The van der Waals surface area contributed by atoms with Crippen LogP contribution in [0.3, 0.4) is 0 Å². The van der Waals surface area contributed by atoms with Gasteiger partial charge in [0.25, 0.3) is 0 Å². The van der Waals surface area contributed by atoms with Crippen molar-refractivity contribution in [1.82, 2.24) is 0 Å². The lowest BCUT2D eigenvalue weighted by Gasteiger charge is -2.13. The van der Waals surface area contributed by atoms with Crippen LogP contribution in [0.25, 0.3) is 0 Å². The molecule has 3 atom stereocenters. The van der Waals surface area contributed by atoms with E-state index < -0.39 is 0 Å². The Balaban J connectivity index is 2.08. The van der Waals surface area contributed by atoms with E-state index in [1.807, 2.05) is 0 Å².